The van der Waals surface area contributed by atoms with Crippen molar-refractivity contribution in [2.75, 3.05) is 7.11 Å². The van der Waals surface area contributed by atoms with Crippen LogP contribution in [0.1, 0.15) is 26.5 Å². The predicted molar refractivity (Wildman–Crippen MR) is 72.6 cm³/mol. The number of aromatic nitrogens is 2. The maximum Gasteiger partial charge on any atom is 0.412 e. The van der Waals surface area contributed by atoms with Crippen LogP contribution < -0.4 is 5.32 Å². The van der Waals surface area contributed by atoms with Crippen LogP contribution in [0.3, 0.4) is 0 Å². The Morgan fingerprint density at radius 1 is 1.40 bits per heavy atom. The van der Waals surface area contributed by atoms with Crippen molar-refractivity contribution < 1.29 is 19.1 Å². The Kier molecular flexibility index (Phi) is 4.90. The summed E-state index contributed by atoms with van der Waals surface area (Å²) >= 11 is 0. The molecular formula is C13H19N3O4. The molecule has 0 fully saturated rings. The maximum absolute atomic E-state index is 11.7. The lowest BCUT2D eigenvalue weighted by Crippen LogP contribution is -2.34. The predicted octanol–water partition coefficient (Wildman–Crippen LogP) is 1.46. The largest absolute Gasteiger partial charge is 0.464 e. The van der Waals surface area contributed by atoms with Gasteiger partial charge in [0.25, 0.3) is 0 Å². The van der Waals surface area contributed by atoms with E-state index in [4.69, 9.17) is 4.74 Å². The van der Waals surface area contributed by atoms with E-state index < -0.39 is 17.7 Å². The Morgan fingerprint density at radius 3 is 2.50 bits per heavy atom. The number of imidazole rings is 1. The molecular weight excluding hydrogens is 262 g/mol. The van der Waals surface area contributed by atoms with E-state index in [9.17, 15) is 9.59 Å². The van der Waals surface area contributed by atoms with Crippen LogP contribution >= 0.6 is 0 Å². The van der Waals surface area contributed by atoms with Crippen LogP contribution in [-0.4, -0.2) is 34.3 Å². The number of aryl methyl sites for hydroxylation is 1. The van der Waals surface area contributed by atoms with Crippen molar-refractivity contribution in [3.8, 4) is 0 Å². The first-order chi connectivity index (χ1) is 9.23. The molecule has 0 unspecified atom stereocenters. The zero-order valence-corrected chi connectivity index (χ0v) is 12.3. The van der Waals surface area contributed by atoms with Crippen LogP contribution in [0.4, 0.5) is 4.79 Å². The standard InChI is InChI=1S/C13H19N3O4/c1-13(2,3)20-12(18)15-10(11(17)19-5)6-9-7-14-8-16(9)4/h6-8H,1-5H3,(H,15,18)/b10-6-. The number of carbonyl (C=O) groups is 2. The molecule has 7 heteroatoms. The molecule has 1 N–H and O–H groups in total. The lowest BCUT2D eigenvalue weighted by atomic mass is 10.2. The minimum Gasteiger partial charge on any atom is -0.464 e. The molecule has 0 radical (unpaired) electrons. The van der Waals surface area contributed by atoms with Gasteiger partial charge >= 0.3 is 12.1 Å². The van der Waals surface area contributed by atoms with Crippen LogP contribution in [0.15, 0.2) is 18.2 Å². The quantitative estimate of drug-likeness (QED) is 0.670. The Hall–Kier alpha value is -2.31. The van der Waals surface area contributed by atoms with Gasteiger partial charge in [0.1, 0.15) is 11.3 Å². The molecule has 1 aromatic heterocycles. The van der Waals surface area contributed by atoms with E-state index >= 15 is 0 Å². The van der Waals surface area contributed by atoms with E-state index in [1.54, 1.807) is 44.9 Å². The number of ether oxygens (including phenoxy) is 2. The average molecular weight is 281 g/mol. The van der Waals surface area contributed by atoms with Crippen LogP contribution in [0.2, 0.25) is 0 Å². The lowest BCUT2D eigenvalue weighted by Gasteiger charge is -2.20. The van der Waals surface area contributed by atoms with Crippen molar-refractivity contribution in [3.05, 3.63) is 23.9 Å². The van der Waals surface area contributed by atoms with Crippen molar-refractivity contribution in [2.45, 2.75) is 26.4 Å². The summed E-state index contributed by atoms with van der Waals surface area (Å²) in [5, 5.41) is 2.37. The van der Waals surface area contributed by atoms with E-state index in [0.29, 0.717) is 5.69 Å². The number of hydrogen-bond acceptors (Lipinski definition) is 5. The summed E-state index contributed by atoms with van der Waals surface area (Å²) in [6.45, 7) is 5.19. The smallest absolute Gasteiger partial charge is 0.412 e. The molecule has 0 aromatic carbocycles. The highest BCUT2D eigenvalue weighted by molar-refractivity contribution is 5.96. The van der Waals surface area contributed by atoms with Gasteiger partial charge in [0.2, 0.25) is 0 Å². The molecule has 0 atom stereocenters. The zero-order chi connectivity index (χ0) is 15.3. The maximum atomic E-state index is 11.7. The third-order valence-corrected chi connectivity index (χ3v) is 2.19. The fourth-order valence-corrected chi connectivity index (χ4v) is 1.32. The SMILES string of the molecule is COC(=O)/C(=C/c1cncn1C)NC(=O)OC(C)(C)C. The molecule has 110 valence electrons. The zero-order valence-electron chi connectivity index (χ0n) is 12.3. The average Bonchev–Trinajstić information content (AvgIpc) is 2.70. The molecule has 20 heavy (non-hydrogen) atoms. The number of amides is 1. The molecule has 1 rings (SSSR count). The van der Waals surface area contributed by atoms with Gasteiger partial charge < -0.3 is 14.0 Å². The van der Waals surface area contributed by atoms with E-state index in [2.05, 4.69) is 15.0 Å². The van der Waals surface area contributed by atoms with Crippen molar-refractivity contribution in [1.29, 1.82) is 0 Å². The second kappa shape index (κ2) is 6.23. The third kappa shape index (κ3) is 4.75. The summed E-state index contributed by atoms with van der Waals surface area (Å²) < 4.78 is 11.4. The van der Waals surface area contributed by atoms with Crippen molar-refractivity contribution >= 4 is 18.1 Å². The van der Waals surface area contributed by atoms with Gasteiger partial charge in [-0.1, -0.05) is 0 Å². The fourth-order valence-electron chi connectivity index (χ4n) is 1.32. The summed E-state index contributed by atoms with van der Waals surface area (Å²) in [5.74, 6) is -0.669. The summed E-state index contributed by atoms with van der Waals surface area (Å²) in [5.41, 5.74) is -0.0375. The highest BCUT2D eigenvalue weighted by atomic mass is 16.6. The minimum absolute atomic E-state index is 0.0228. The first kappa shape index (κ1) is 15.7. The molecule has 0 saturated carbocycles. The first-order valence-corrected chi connectivity index (χ1v) is 5.99. The molecule has 7 nitrogen and oxygen atoms in total. The van der Waals surface area contributed by atoms with E-state index in [-0.39, 0.29) is 5.70 Å². The van der Waals surface area contributed by atoms with Gasteiger partial charge in [-0.15, -0.1) is 0 Å². The number of nitrogens with one attached hydrogen (secondary N) is 1. The van der Waals surface area contributed by atoms with Gasteiger partial charge in [-0.25, -0.2) is 14.6 Å². The number of carbonyl (C=O) groups excluding carboxylic acids is 2. The molecule has 0 bridgehead atoms. The highest BCUT2D eigenvalue weighted by Crippen LogP contribution is 2.09. The molecule has 0 saturated heterocycles. The lowest BCUT2D eigenvalue weighted by molar-refractivity contribution is -0.136. The van der Waals surface area contributed by atoms with Gasteiger partial charge in [-0.2, -0.15) is 0 Å². The number of alkyl carbamates (subject to hydrolysis) is 1. The first-order valence-electron chi connectivity index (χ1n) is 5.99. The van der Waals surface area contributed by atoms with Gasteiger partial charge in [0, 0.05) is 7.05 Å². The second-order valence-electron chi connectivity index (χ2n) is 5.11. The van der Waals surface area contributed by atoms with Crippen molar-refractivity contribution in [2.24, 2.45) is 7.05 Å². The molecule has 0 aliphatic carbocycles. The number of rotatable bonds is 3. The second-order valence-corrected chi connectivity index (χ2v) is 5.11. The van der Waals surface area contributed by atoms with E-state index in [1.807, 2.05) is 0 Å². The normalized spacial score (nSPS) is 11.9. The van der Waals surface area contributed by atoms with Crippen LogP contribution in [0.25, 0.3) is 6.08 Å². The van der Waals surface area contributed by atoms with E-state index in [0.717, 1.165) is 0 Å². The summed E-state index contributed by atoms with van der Waals surface area (Å²) in [4.78, 5) is 27.3. The molecule has 0 spiro atoms. The van der Waals surface area contributed by atoms with Crippen LogP contribution in [-0.2, 0) is 21.3 Å². The van der Waals surface area contributed by atoms with Gasteiger partial charge in [-0.05, 0) is 26.8 Å². The Balaban J connectivity index is 2.92. The highest BCUT2D eigenvalue weighted by Gasteiger charge is 2.20. The Labute approximate surface area is 117 Å². The summed E-state index contributed by atoms with van der Waals surface area (Å²) in [6.07, 6.45) is 3.87. The summed E-state index contributed by atoms with van der Waals surface area (Å²) in [6, 6.07) is 0. The minimum atomic E-state index is -0.726. The third-order valence-electron chi connectivity index (χ3n) is 2.19. The summed E-state index contributed by atoms with van der Waals surface area (Å²) in [7, 11) is 3.00. The van der Waals surface area contributed by atoms with Crippen molar-refractivity contribution in [3.63, 3.8) is 0 Å². The fraction of sp³-hybridized carbons (Fsp3) is 0.462. The monoisotopic (exact) mass is 281 g/mol. The topological polar surface area (TPSA) is 82.5 Å². The molecule has 1 aromatic rings. The molecule has 0 aliphatic heterocycles. The van der Waals surface area contributed by atoms with Crippen LogP contribution in [0, 0.1) is 0 Å². The van der Waals surface area contributed by atoms with Gasteiger partial charge in [-0.3, -0.25) is 5.32 Å². The number of hydrogen-bond donors (Lipinski definition) is 1. The number of methoxy groups -OCH3 is 1. The molecule has 0 aliphatic rings. The number of nitrogens with zero attached hydrogens (tertiary/aromatic N) is 2. The molecule has 1 amide bonds. The van der Waals surface area contributed by atoms with Gasteiger partial charge in [0.15, 0.2) is 0 Å². The molecule has 1 heterocycles. The van der Waals surface area contributed by atoms with E-state index in [1.165, 1.54) is 13.2 Å². The van der Waals surface area contributed by atoms with Crippen molar-refractivity contribution in [1.82, 2.24) is 14.9 Å². The number of esters is 1. The Bertz CT molecular complexity index is 526. The van der Waals surface area contributed by atoms with Crippen LogP contribution in [0.5, 0.6) is 0 Å². The Morgan fingerprint density at radius 2 is 2.05 bits per heavy atom. The van der Waals surface area contributed by atoms with Gasteiger partial charge in [0.05, 0.1) is 25.3 Å².